The third-order valence-electron chi connectivity index (χ3n) is 11.4. The Morgan fingerprint density at radius 1 is 0.855 bits per heavy atom. The lowest BCUT2D eigenvalue weighted by Crippen LogP contribution is -2.42. The smallest absolute Gasteiger partial charge is 0.338 e. The van der Waals surface area contributed by atoms with Crippen molar-refractivity contribution in [2.45, 2.75) is 36.5 Å². The summed E-state index contributed by atoms with van der Waals surface area (Å²) in [6, 6.07) is 25.7. The van der Waals surface area contributed by atoms with E-state index in [0.717, 1.165) is 32.7 Å². The molecule has 4 aromatic carbocycles. The second kappa shape index (κ2) is 14.0. The summed E-state index contributed by atoms with van der Waals surface area (Å²) in [5.74, 6) is -1.67. The van der Waals surface area contributed by atoms with E-state index in [2.05, 4.69) is 10.3 Å². The fourth-order valence-electron chi connectivity index (χ4n) is 9.38. The Hall–Kier alpha value is -5.40. The van der Waals surface area contributed by atoms with Crippen LogP contribution in [0.4, 0.5) is 11.4 Å². The number of nitrogens with zero attached hydrogens (tertiary/aromatic N) is 1. The number of aromatic nitrogens is 1. The van der Waals surface area contributed by atoms with Crippen LogP contribution in [0.3, 0.4) is 0 Å². The first kappa shape index (κ1) is 35.3. The largest absolute Gasteiger partial charge is 0.490 e. The summed E-state index contributed by atoms with van der Waals surface area (Å²) in [5.41, 5.74) is 2.40. The summed E-state index contributed by atoms with van der Waals surface area (Å²) in [6.45, 7) is 3.98. The molecule has 2 saturated carbocycles. The number of amides is 3. The number of imide groups is 1. The number of ether oxygens (including phenoxy) is 3. The van der Waals surface area contributed by atoms with Gasteiger partial charge in [-0.25, -0.2) is 4.79 Å². The van der Waals surface area contributed by atoms with Gasteiger partial charge < -0.3 is 24.5 Å². The van der Waals surface area contributed by atoms with Crippen molar-refractivity contribution in [3.63, 3.8) is 0 Å². The van der Waals surface area contributed by atoms with Crippen molar-refractivity contribution in [3.8, 4) is 11.5 Å². The highest BCUT2D eigenvalue weighted by Gasteiger charge is 2.69. The van der Waals surface area contributed by atoms with Gasteiger partial charge in [-0.1, -0.05) is 53.8 Å². The number of fused-ring (bicyclic) bond motifs is 10. The zero-order chi connectivity index (χ0) is 38.0. The number of esters is 1. The van der Waals surface area contributed by atoms with Crippen LogP contribution in [0, 0.1) is 29.6 Å². The molecule has 0 spiro atoms. The van der Waals surface area contributed by atoms with Gasteiger partial charge in [-0.3, -0.25) is 24.1 Å². The number of carbonyl (C=O) groups is 4. The van der Waals surface area contributed by atoms with E-state index in [1.165, 1.54) is 16.2 Å². The molecule has 0 unspecified atom stereocenters. The van der Waals surface area contributed by atoms with Crippen LogP contribution < -0.4 is 24.6 Å². The Morgan fingerprint density at radius 3 is 2.40 bits per heavy atom. The predicted octanol–water partition coefficient (Wildman–Crippen LogP) is 6.86. The van der Waals surface area contributed by atoms with Crippen LogP contribution in [0.5, 0.6) is 11.5 Å². The molecule has 2 N–H and O–H groups in total. The first-order valence-corrected chi connectivity index (χ1v) is 20.2. The minimum Gasteiger partial charge on any atom is -0.490 e. The van der Waals surface area contributed by atoms with Gasteiger partial charge in [-0.05, 0) is 91.4 Å². The van der Waals surface area contributed by atoms with Gasteiger partial charge in [-0.2, -0.15) is 0 Å². The average molecular weight is 776 g/mol. The summed E-state index contributed by atoms with van der Waals surface area (Å²) in [4.78, 5) is 71.6. The molecule has 7 atom stereocenters. The molecule has 1 saturated heterocycles. The lowest BCUT2D eigenvalue weighted by molar-refractivity contribution is -0.123. The van der Waals surface area contributed by atoms with Crippen molar-refractivity contribution in [1.82, 2.24) is 4.98 Å². The van der Waals surface area contributed by atoms with Gasteiger partial charge in [0.05, 0.1) is 41.3 Å². The lowest BCUT2D eigenvalue weighted by Gasteiger charge is -2.43. The summed E-state index contributed by atoms with van der Waals surface area (Å²) >= 11 is 2.80. The summed E-state index contributed by atoms with van der Waals surface area (Å²) in [5, 5.41) is 5.71. The van der Waals surface area contributed by atoms with Crippen molar-refractivity contribution >= 4 is 68.9 Å². The van der Waals surface area contributed by atoms with Gasteiger partial charge in [0, 0.05) is 27.1 Å². The minimum atomic E-state index is -0.488. The zero-order valence-electron chi connectivity index (χ0n) is 30.0. The Balaban J connectivity index is 0.991. The molecule has 5 aromatic rings. The molecule has 0 radical (unpaired) electrons. The van der Waals surface area contributed by atoms with Gasteiger partial charge in [0.25, 0.3) is 5.91 Å². The van der Waals surface area contributed by atoms with E-state index < -0.39 is 17.8 Å². The minimum absolute atomic E-state index is 0.00104. The third-order valence-corrected chi connectivity index (χ3v) is 14.0. The molecule has 3 heterocycles. The first-order chi connectivity index (χ1) is 26.7. The van der Waals surface area contributed by atoms with E-state index in [4.69, 9.17) is 14.2 Å². The fourth-order valence-corrected chi connectivity index (χ4v) is 12.3. The van der Waals surface area contributed by atoms with Crippen molar-refractivity contribution < 1.29 is 33.4 Å². The summed E-state index contributed by atoms with van der Waals surface area (Å²) in [7, 11) is 0. The van der Waals surface area contributed by atoms with Gasteiger partial charge in [0.15, 0.2) is 18.1 Å². The highest BCUT2D eigenvalue weighted by Crippen LogP contribution is 2.69. The van der Waals surface area contributed by atoms with Gasteiger partial charge in [0.2, 0.25) is 11.8 Å². The van der Waals surface area contributed by atoms with Crippen LogP contribution in [0.15, 0.2) is 94.7 Å². The van der Waals surface area contributed by atoms with Crippen molar-refractivity contribution in [2.75, 3.05) is 30.0 Å². The van der Waals surface area contributed by atoms with E-state index >= 15 is 0 Å². The first-order valence-electron chi connectivity index (χ1n) is 18.5. The third kappa shape index (κ3) is 5.91. The number of anilines is 2. The number of H-pyrrole nitrogens is 1. The van der Waals surface area contributed by atoms with Crippen LogP contribution in [0.1, 0.15) is 47.0 Å². The number of hydrogen-bond acceptors (Lipinski definition) is 10. The normalized spacial score (nSPS) is 24.7. The predicted molar refractivity (Wildman–Crippen MR) is 209 cm³/mol. The Kier molecular flexibility index (Phi) is 9.01. The summed E-state index contributed by atoms with van der Waals surface area (Å²) in [6.07, 6.45) is 0.742. The topological polar surface area (TPSA) is 144 Å². The standard InChI is InChI=1S/C42H37N3O8S2/c1-3-51-30-18-23(14-17-29(30)53-20-31(46)43-28-11-7-9-21-8-5-6-10-25(21)28)32-33-26-19-27(36(33)54-38-37(32)55-42(50)44-38)35-34(26)39(47)45(40(35)48)24-15-12-22(13-16-24)41(49)52-4-2/h5-18,26-27,32-36H,3-4,19-20H2,1-2H3,(H,43,46)(H,44,50)/t26-,27-,32+,33-,34+,35+,36-/m1/s1. The number of aromatic amines is 1. The molecule has 13 heteroatoms. The van der Waals surface area contributed by atoms with Crippen LogP contribution >= 0.6 is 23.1 Å². The van der Waals surface area contributed by atoms with E-state index in [-0.39, 0.29) is 64.7 Å². The molecular formula is C42H37N3O8S2. The zero-order valence-corrected chi connectivity index (χ0v) is 31.6. The Morgan fingerprint density at radius 2 is 1.62 bits per heavy atom. The maximum atomic E-state index is 14.3. The van der Waals surface area contributed by atoms with Gasteiger partial charge in [0.1, 0.15) is 0 Å². The monoisotopic (exact) mass is 775 g/mol. The molecule has 9 rings (SSSR count). The quantitative estimate of drug-likeness (QED) is 0.115. The Labute approximate surface area is 324 Å². The molecule has 2 aliphatic heterocycles. The second-order valence-electron chi connectivity index (χ2n) is 14.2. The molecule has 55 heavy (non-hydrogen) atoms. The number of thioether (sulfide) groups is 1. The number of rotatable bonds is 10. The lowest BCUT2D eigenvalue weighted by atomic mass is 9.68. The molecule has 1 aromatic heterocycles. The van der Waals surface area contributed by atoms with Gasteiger partial charge in [-0.15, -0.1) is 11.8 Å². The number of nitrogens with one attached hydrogen (secondary N) is 2. The van der Waals surface area contributed by atoms with Crippen LogP contribution in [-0.4, -0.2) is 53.7 Å². The highest BCUT2D eigenvalue weighted by molar-refractivity contribution is 8.00. The molecule has 3 amide bonds. The van der Waals surface area contributed by atoms with Gasteiger partial charge >= 0.3 is 10.8 Å². The molecule has 4 aliphatic rings. The average Bonchev–Trinajstić information content (AvgIpc) is 3.93. The van der Waals surface area contributed by atoms with Crippen LogP contribution in [0.25, 0.3) is 10.8 Å². The Bertz CT molecular complexity index is 2420. The van der Waals surface area contributed by atoms with E-state index in [9.17, 15) is 24.0 Å². The number of thiazole rings is 1. The second-order valence-corrected chi connectivity index (χ2v) is 16.4. The molecule has 11 nitrogen and oxygen atoms in total. The van der Waals surface area contributed by atoms with E-state index in [1.54, 1.807) is 49.0 Å². The van der Waals surface area contributed by atoms with Crippen LogP contribution in [-0.2, 0) is 19.1 Å². The van der Waals surface area contributed by atoms with E-state index in [0.29, 0.717) is 35.0 Å². The highest BCUT2D eigenvalue weighted by atomic mass is 32.2. The van der Waals surface area contributed by atoms with Crippen molar-refractivity contribution in [1.29, 1.82) is 0 Å². The van der Waals surface area contributed by atoms with Crippen LogP contribution in [0.2, 0.25) is 0 Å². The fraction of sp³-hybridized carbons (Fsp3) is 0.310. The molecule has 2 bridgehead atoms. The SMILES string of the molecule is CCOC(=O)c1ccc(N2C(=O)[C@H]3[C@H]4C[C@@H]([C@@H]3C2=O)[C@@H]2[C@H](c3ccc(OCC(=O)Nc5cccc6ccccc56)c(OCC)c3)c3sc(=O)[nH]c3S[C@H]42)cc1. The number of carbonyl (C=O) groups excluding carboxylic acids is 4. The maximum Gasteiger partial charge on any atom is 0.338 e. The molecule has 3 fully saturated rings. The summed E-state index contributed by atoms with van der Waals surface area (Å²) < 4.78 is 17.2. The van der Waals surface area contributed by atoms with Crippen molar-refractivity contribution in [3.05, 3.63) is 111 Å². The molecule has 2 aliphatic carbocycles. The van der Waals surface area contributed by atoms with E-state index in [1.807, 2.05) is 61.5 Å². The maximum absolute atomic E-state index is 14.3. The number of hydrogen-bond donors (Lipinski definition) is 2. The molecule has 280 valence electrons. The van der Waals surface area contributed by atoms with Crippen molar-refractivity contribution in [2.24, 2.45) is 29.6 Å². The number of benzene rings is 4. The molecular weight excluding hydrogens is 739 g/mol.